The summed E-state index contributed by atoms with van der Waals surface area (Å²) in [7, 11) is 0. The highest BCUT2D eigenvalue weighted by molar-refractivity contribution is 6.33. The molecule has 0 aromatic heterocycles. The Labute approximate surface area is 180 Å². The van der Waals surface area contributed by atoms with Gasteiger partial charge in [0.25, 0.3) is 0 Å². The summed E-state index contributed by atoms with van der Waals surface area (Å²) < 4.78 is 18.6. The molecule has 3 rings (SSSR count). The lowest BCUT2D eigenvalue weighted by Crippen LogP contribution is -2.39. The first-order chi connectivity index (χ1) is 14.1. The van der Waals surface area contributed by atoms with Crippen LogP contribution in [0.25, 0.3) is 0 Å². The highest BCUT2D eigenvalue weighted by atomic mass is 35.5. The van der Waals surface area contributed by atoms with E-state index in [1.165, 1.54) is 17.7 Å². The third-order valence-corrected chi connectivity index (χ3v) is 4.84. The molecule has 0 fully saturated rings. The third-order valence-electron chi connectivity index (χ3n) is 4.53. The van der Waals surface area contributed by atoms with Gasteiger partial charge in [-0.15, -0.1) is 0 Å². The van der Waals surface area contributed by atoms with Gasteiger partial charge < -0.3 is 20.3 Å². The van der Waals surface area contributed by atoms with Crippen molar-refractivity contribution in [2.75, 3.05) is 23.7 Å². The first-order valence-electron chi connectivity index (χ1n) is 9.69. The third kappa shape index (κ3) is 5.86. The number of carbonyl (C=O) groups is 2. The Bertz CT molecular complexity index is 959. The number of amides is 2. The molecule has 0 saturated carbocycles. The summed E-state index contributed by atoms with van der Waals surface area (Å²) in [5.41, 5.74) is 2.76. The van der Waals surface area contributed by atoms with Crippen LogP contribution in [0, 0.1) is 5.82 Å². The van der Waals surface area contributed by atoms with Crippen molar-refractivity contribution in [3.05, 3.63) is 58.4 Å². The van der Waals surface area contributed by atoms with Crippen LogP contribution in [0.4, 0.5) is 20.6 Å². The van der Waals surface area contributed by atoms with Crippen LogP contribution >= 0.6 is 11.6 Å². The fourth-order valence-electron chi connectivity index (χ4n) is 3.12. The number of nitrogens with one attached hydrogen (secondary N) is 2. The van der Waals surface area contributed by atoms with Gasteiger partial charge in [0.1, 0.15) is 11.4 Å². The molecule has 2 aromatic carbocycles. The number of halogens is 2. The van der Waals surface area contributed by atoms with Crippen molar-refractivity contribution in [1.29, 1.82) is 0 Å². The Morgan fingerprint density at radius 3 is 2.63 bits per heavy atom. The van der Waals surface area contributed by atoms with Crippen molar-refractivity contribution in [2.45, 2.75) is 39.3 Å². The number of anilines is 2. The maximum Gasteiger partial charge on any atom is 0.410 e. The van der Waals surface area contributed by atoms with Crippen LogP contribution < -0.4 is 10.6 Å². The van der Waals surface area contributed by atoms with E-state index in [-0.39, 0.29) is 23.6 Å². The molecule has 2 amide bonds. The predicted octanol–water partition coefficient (Wildman–Crippen LogP) is 4.82. The van der Waals surface area contributed by atoms with Crippen LogP contribution in [0.2, 0.25) is 5.02 Å². The summed E-state index contributed by atoms with van der Waals surface area (Å²) in [4.78, 5) is 26.2. The monoisotopic (exact) mass is 433 g/mol. The molecule has 6 nitrogen and oxygen atoms in total. The second-order valence-corrected chi connectivity index (χ2v) is 8.57. The van der Waals surface area contributed by atoms with Crippen LogP contribution in [-0.4, -0.2) is 35.6 Å². The Hall–Kier alpha value is -2.80. The lowest BCUT2D eigenvalue weighted by Gasteiger charge is -2.31. The van der Waals surface area contributed by atoms with Gasteiger partial charge in [0.15, 0.2) is 0 Å². The predicted molar refractivity (Wildman–Crippen MR) is 115 cm³/mol. The SMILES string of the molecule is CC(C)(C)OC(=O)N1CCc2ccc(NCC(=O)Nc3ccc(F)cc3Cl)cc2C1. The second kappa shape index (κ2) is 8.92. The lowest BCUT2D eigenvalue weighted by molar-refractivity contribution is -0.114. The van der Waals surface area contributed by atoms with Crippen LogP contribution in [0.3, 0.4) is 0 Å². The summed E-state index contributed by atoms with van der Waals surface area (Å²) in [6, 6.07) is 9.63. The second-order valence-electron chi connectivity index (χ2n) is 8.16. The minimum Gasteiger partial charge on any atom is -0.444 e. The van der Waals surface area contributed by atoms with Gasteiger partial charge in [0.2, 0.25) is 5.91 Å². The van der Waals surface area contributed by atoms with Crippen molar-refractivity contribution in [3.8, 4) is 0 Å². The van der Waals surface area contributed by atoms with Gasteiger partial charge in [-0.3, -0.25) is 4.79 Å². The molecule has 1 aliphatic rings. The van der Waals surface area contributed by atoms with E-state index in [0.717, 1.165) is 23.7 Å². The first-order valence-corrected chi connectivity index (χ1v) is 10.1. The quantitative estimate of drug-likeness (QED) is 0.725. The average Bonchev–Trinajstić information content (AvgIpc) is 2.66. The van der Waals surface area contributed by atoms with E-state index in [9.17, 15) is 14.0 Å². The van der Waals surface area contributed by atoms with Crippen molar-refractivity contribution in [3.63, 3.8) is 0 Å². The number of rotatable bonds is 4. The topological polar surface area (TPSA) is 70.7 Å². The summed E-state index contributed by atoms with van der Waals surface area (Å²) in [5, 5.41) is 5.85. The van der Waals surface area contributed by atoms with Crippen molar-refractivity contribution < 1.29 is 18.7 Å². The molecule has 0 aliphatic carbocycles. The van der Waals surface area contributed by atoms with Crippen molar-refractivity contribution >= 4 is 35.0 Å². The number of nitrogens with zero attached hydrogens (tertiary/aromatic N) is 1. The van der Waals surface area contributed by atoms with Crippen molar-refractivity contribution in [2.24, 2.45) is 0 Å². The Balaban J connectivity index is 1.59. The molecular formula is C22H25ClFN3O3. The molecular weight excluding hydrogens is 409 g/mol. The minimum absolute atomic E-state index is 0.0161. The van der Waals surface area contributed by atoms with Gasteiger partial charge in [0.05, 0.1) is 17.3 Å². The van der Waals surface area contributed by atoms with Crippen molar-refractivity contribution in [1.82, 2.24) is 4.90 Å². The molecule has 0 spiro atoms. The van der Waals surface area contributed by atoms with E-state index in [1.807, 2.05) is 39.0 Å². The van der Waals surface area contributed by atoms with Gasteiger partial charge in [-0.1, -0.05) is 17.7 Å². The fourth-order valence-corrected chi connectivity index (χ4v) is 3.33. The molecule has 0 bridgehead atoms. The molecule has 0 atom stereocenters. The number of carbonyl (C=O) groups excluding carboxylic acids is 2. The van der Waals surface area contributed by atoms with Gasteiger partial charge in [-0.05, 0) is 68.7 Å². The molecule has 30 heavy (non-hydrogen) atoms. The molecule has 160 valence electrons. The van der Waals surface area contributed by atoms with Gasteiger partial charge >= 0.3 is 6.09 Å². The Kier molecular flexibility index (Phi) is 6.51. The average molecular weight is 434 g/mol. The van der Waals surface area contributed by atoms with E-state index in [4.69, 9.17) is 16.3 Å². The number of hydrogen-bond acceptors (Lipinski definition) is 4. The van der Waals surface area contributed by atoms with E-state index >= 15 is 0 Å². The molecule has 2 N–H and O–H groups in total. The van der Waals surface area contributed by atoms with Crippen LogP contribution in [-0.2, 0) is 22.5 Å². The van der Waals surface area contributed by atoms with E-state index in [2.05, 4.69) is 10.6 Å². The first kappa shape index (κ1) is 21.9. The zero-order valence-corrected chi connectivity index (χ0v) is 18.0. The molecule has 1 aliphatic heterocycles. The highest BCUT2D eigenvalue weighted by Crippen LogP contribution is 2.25. The Morgan fingerprint density at radius 2 is 1.93 bits per heavy atom. The zero-order valence-electron chi connectivity index (χ0n) is 17.2. The standard InChI is InChI=1S/C22H25ClFN3O3/c1-22(2,3)30-21(29)27-9-8-14-4-6-17(10-15(14)13-27)25-12-20(28)26-19-7-5-16(24)11-18(19)23/h4-7,10-11,25H,8-9,12-13H2,1-3H3,(H,26,28). The Morgan fingerprint density at radius 1 is 1.17 bits per heavy atom. The van der Waals surface area contributed by atoms with Gasteiger partial charge in [-0.25, -0.2) is 9.18 Å². The lowest BCUT2D eigenvalue weighted by atomic mass is 9.99. The van der Waals surface area contributed by atoms with E-state index in [0.29, 0.717) is 18.8 Å². The summed E-state index contributed by atoms with van der Waals surface area (Å²) in [6.07, 6.45) is 0.417. The molecule has 0 radical (unpaired) electrons. The van der Waals surface area contributed by atoms with Gasteiger partial charge in [0, 0.05) is 18.8 Å². The van der Waals surface area contributed by atoms with Crippen LogP contribution in [0.5, 0.6) is 0 Å². The highest BCUT2D eigenvalue weighted by Gasteiger charge is 2.25. The van der Waals surface area contributed by atoms with Crippen LogP contribution in [0.1, 0.15) is 31.9 Å². The largest absolute Gasteiger partial charge is 0.444 e. The number of benzene rings is 2. The van der Waals surface area contributed by atoms with Crippen LogP contribution in [0.15, 0.2) is 36.4 Å². The number of ether oxygens (including phenoxy) is 1. The number of fused-ring (bicyclic) bond motifs is 1. The maximum atomic E-state index is 13.1. The fraction of sp³-hybridized carbons (Fsp3) is 0.364. The maximum absolute atomic E-state index is 13.1. The van der Waals surface area contributed by atoms with E-state index in [1.54, 1.807) is 4.90 Å². The van der Waals surface area contributed by atoms with Gasteiger partial charge in [-0.2, -0.15) is 0 Å². The minimum atomic E-state index is -0.540. The smallest absolute Gasteiger partial charge is 0.410 e. The summed E-state index contributed by atoms with van der Waals surface area (Å²) >= 11 is 5.93. The molecule has 8 heteroatoms. The molecule has 0 unspecified atom stereocenters. The molecule has 1 heterocycles. The summed E-state index contributed by atoms with van der Waals surface area (Å²) in [5.74, 6) is -0.776. The normalized spacial score (nSPS) is 13.4. The molecule has 2 aromatic rings. The van der Waals surface area contributed by atoms with E-state index < -0.39 is 11.4 Å². The summed E-state index contributed by atoms with van der Waals surface area (Å²) in [6.45, 7) is 6.61. The number of hydrogen-bond donors (Lipinski definition) is 2. The molecule has 0 saturated heterocycles. The zero-order chi connectivity index (χ0) is 21.9.